The van der Waals surface area contributed by atoms with Gasteiger partial charge < -0.3 is 20.4 Å². The summed E-state index contributed by atoms with van der Waals surface area (Å²) in [5.74, 6) is -0.310. The summed E-state index contributed by atoms with van der Waals surface area (Å²) >= 11 is 0. The van der Waals surface area contributed by atoms with E-state index >= 15 is 0 Å². The van der Waals surface area contributed by atoms with E-state index < -0.39 is 0 Å². The van der Waals surface area contributed by atoms with E-state index in [1.807, 2.05) is 30.3 Å². The lowest BCUT2D eigenvalue weighted by Gasteiger charge is -2.32. The minimum atomic E-state index is -0.310. The molecule has 0 saturated carbocycles. The van der Waals surface area contributed by atoms with Crippen molar-refractivity contribution in [3.8, 4) is 11.1 Å². The van der Waals surface area contributed by atoms with Gasteiger partial charge in [-0.05, 0) is 42.9 Å². The van der Waals surface area contributed by atoms with E-state index in [1.54, 1.807) is 38.8 Å². The molecule has 3 N–H and O–H groups in total. The van der Waals surface area contributed by atoms with Crippen molar-refractivity contribution in [2.24, 2.45) is 0 Å². The summed E-state index contributed by atoms with van der Waals surface area (Å²) in [4.78, 5) is 40.1. The lowest BCUT2D eigenvalue weighted by Crippen LogP contribution is -2.44. The van der Waals surface area contributed by atoms with E-state index in [0.29, 0.717) is 22.5 Å². The number of fused-ring (bicyclic) bond motifs is 1. The van der Waals surface area contributed by atoms with Gasteiger partial charge in [0.1, 0.15) is 0 Å². The number of carbonyl (C=O) groups excluding carboxylic acids is 2. The summed E-state index contributed by atoms with van der Waals surface area (Å²) < 4.78 is 0. The average Bonchev–Trinajstić information content (AvgIpc) is 3.34. The molecule has 1 fully saturated rings. The second-order valence-corrected chi connectivity index (χ2v) is 9.69. The maximum absolute atomic E-state index is 13.2. The molecular formula is C27H31N9O2. The van der Waals surface area contributed by atoms with Crippen molar-refractivity contribution >= 4 is 34.2 Å². The molecule has 196 valence electrons. The Morgan fingerprint density at radius 3 is 2.58 bits per heavy atom. The monoisotopic (exact) mass is 513 g/mol. The summed E-state index contributed by atoms with van der Waals surface area (Å²) in [5.41, 5.74) is 4.86. The first-order chi connectivity index (χ1) is 18.4. The van der Waals surface area contributed by atoms with Crippen LogP contribution in [0.3, 0.4) is 0 Å². The summed E-state index contributed by atoms with van der Waals surface area (Å²) in [7, 11) is 5.48. The molecule has 4 aromatic rings. The maximum Gasteiger partial charge on any atom is 0.321 e. The molecule has 1 aromatic carbocycles. The maximum atomic E-state index is 13.2. The fraction of sp³-hybridized carbons (Fsp3) is 0.296. The number of hydrogen-bond donors (Lipinski definition) is 3. The molecule has 11 nitrogen and oxygen atoms in total. The van der Waals surface area contributed by atoms with Gasteiger partial charge in [-0.2, -0.15) is 5.10 Å². The third kappa shape index (κ3) is 5.79. The zero-order chi connectivity index (χ0) is 26.6. The van der Waals surface area contributed by atoms with Crippen molar-refractivity contribution < 1.29 is 9.59 Å². The standard InChI is InChI=1S/C27H31N9O2/c1-34(2)27(38)31-21-12-19(15-28-16-21)18-4-5-24-23(13-18)25(33-32-24)26(37)30-20-6-7-29-22(14-20)17-36-10-8-35(3)9-11-36/h4-7,12-16H,8-11,17H2,1-3H3,(H,31,38)(H,32,33)(H,29,30,37). The first-order valence-corrected chi connectivity index (χ1v) is 12.4. The van der Waals surface area contributed by atoms with Crippen LogP contribution >= 0.6 is 0 Å². The van der Waals surface area contributed by atoms with Gasteiger partial charge in [-0.1, -0.05) is 6.07 Å². The molecule has 4 heterocycles. The van der Waals surface area contributed by atoms with Crippen molar-refractivity contribution in [2.45, 2.75) is 6.54 Å². The molecule has 11 heteroatoms. The molecule has 5 rings (SSSR count). The molecule has 1 aliphatic rings. The first-order valence-electron chi connectivity index (χ1n) is 12.4. The summed E-state index contributed by atoms with van der Waals surface area (Å²) in [6, 6.07) is 11.0. The van der Waals surface area contributed by atoms with Crippen molar-refractivity contribution in [1.82, 2.24) is 34.9 Å². The van der Waals surface area contributed by atoms with Crippen LogP contribution in [0, 0.1) is 0 Å². The van der Waals surface area contributed by atoms with Gasteiger partial charge in [0.2, 0.25) is 0 Å². The van der Waals surface area contributed by atoms with Gasteiger partial charge in [0.15, 0.2) is 5.69 Å². The number of hydrogen-bond acceptors (Lipinski definition) is 7. The normalized spacial score (nSPS) is 14.4. The van der Waals surface area contributed by atoms with Crippen LogP contribution in [0.2, 0.25) is 0 Å². The number of benzene rings is 1. The number of urea groups is 1. The van der Waals surface area contributed by atoms with Crippen LogP contribution in [0.25, 0.3) is 22.0 Å². The lowest BCUT2D eigenvalue weighted by molar-refractivity contribution is 0.102. The number of anilines is 2. The number of amides is 3. The molecule has 3 aromatic heterocycles. The highest BCUT2D eigenvalue weighted by molar-refractivity contribution is 6.11. The van der Waals surface area contributed by atoms with Crippen LogP contribution in [0.5, 0.6) is 0 Å². The van der Waals surface area contributed by atoms with Crippen LogP contribution in [0.4, 0.5) is 16.2 Å². The topological polar surface area (TPSA) is 122 Å². The minimum Gasteiger partial charge on any atom is -0.331 e. The van der Waals surface area contributed by atoms with Crippen LogP contribution in [-0.4, -0.2) is 94.1 Å². The third-order valence-corrected chi connectivity index (χ3v) is 6.56. The Morgan fingerprint density at radius 1 is 0.974 bits per heavy atom. The Morgan fingerprint density at radius 2 is 1.79 bits per heavy atom. The molecule has 0 unspecified atom stereocenters. The van der Waals surface area contributed by atoms with Gasteiger partial charge in [0, 0.05) is 75.8 Å². The van der Waals surface area contributed by atoms with E-state index in [2.05, 4.69) is 47.6 Å². The Kier molecular flexibility index (Phi) is 7.29. The fourth-order valence-electron chi connectivity index (χ4n) is 4.34. The van der Waals surface area contributed by atoms with Gasteiger partial charge in [-0.3, -0.25) is 24.8 Å². The third-order valence-electron chi connectivity index (χ3n) is 6.56. The zero-order valence-electron chi connectivity index (χ0n) is 21.7. The fourth-order valence-corrected chi connectivity index (χ4v) is 4.34. The molecule has 1 aliphatic heterocycles. The second-order valence-electron chi connectivity index (χ2n) is 9.69. The highest BCUT2D eigenvalue weighted by atomic mass is 16.2. The van der Waals surface area contributed by atoms with Gasteiger partial charge in [-0.15, -0.1) is 0 Å². The number of nitrogens with zero attached hydrogens (tertiary/aromatic N) is 6. The smallest absolute Gasteiger partial charge is 0.321 e. The molecule has 0 aliphatic carbocycles. The SMILES string of the molecule is CN1CCN(Cc2cc(NC(=O)c3n[nH]c4ccc(-c5cncc(NC(=O)N(C)C)c5)cc34)ccn2)CC1. The Hall–Kier alpha value is -4.35. The highest BCUT2D eigenvalue weighted by Gasteiger charge is 2.18. The molecule has 1 saturated heterocycles. The van der Waals surface area contributed by atoms with E-state index in [4.69, 9.17) is 0 Å². The molecule has 38 heavy (non-hydrogen) atoms. The van der Waals surface area contributed by atoms with E-state index in [0.717, 1.165) is 55.1 Å². The minimum absolute atomic E-state index is 0.240. The number of rotatable bonds is 6. The zero-order valence-corrected chi connectivity index (χ0v) is 21.7. The summed E-state index contributed by atoms with van der Waals surface area (Å²) in [5, 5.41) is 13.7. The van der Waals surface area contributed by atoms with Crippen LogP contribution < -0.4 is 10.6 Å². The number of piperazine rings is 1. The largest absolute Gasteiger partial charge is 0.331 e. The van der Waals surface area contributed by atoms with Gasteiger partial charge in [0.25, 0.3) is 5.91 Å². The molecular weight excluding hydrogens is 482 g/mol. The van der Waals surface area contributed by atoms with Gasteiger partial charge in [-0.25, -0.2) is 4.79 Å². The summed E-state index contributed by atoms with van der Waals surface area (Å²) in [6.07, 6.45) is 5.02. The number of pyridine rings is 2. The molecule has 0 bridgehead atoms. The van der Waals surface area contributed by atoms with Crippen molar-refractivity contribution in [3.63, 3.8) is 0 Å². The average molecular weight is 514 g/mol. The van der Waals surface area contributed by atoms with Gasteiger partial charge in [0.05, 0.1) is 23.1 Å². The predicted molar refractivity (Wildman–Crippen MR) is 147 cm³/mol. The first kappa shape index (κ1) is 25.3. The Balaban J connectivity index is 1.33. The molecule has 0 radical (unpaired) electrons. The van der Waals surface area contributed by atoms with Crippen molar-refractivity contribution in [2.75, 3.05) is 58.0 Å². The Labute approximate surface area is 220 Å². The quantitative estimate of drug-likeness (QED) is 0.362. The van der Waals surface area contributed by atoms with Crippen molar-refractivity contribution in [1.29, 1.82) is 0 Å². The lowest BCUT2D eigenvalue weighted by atomic mass is 10.0. The molecule has 3 amide bonds. The van der Waals surface area contributed by atoms with Crippen LogP contribution in [-0.2, 0) is 6.54 Å². The number of H-pyrrole nitrogens is 1. The van der Waals surface area contributed by atoms with Crippen LogP contribution in [0.15, 0.2) is 55.0 Å². The van der Waals surface area contributed by atoms with E-state index in [-0.39, 0.29) is 11.9 Å². The van der Waals surface area contributed by atoms with E-state index in [1.165, 1.54) is 4.90 Å². The predicted octanol–water partition coefficient (Wildman–Crippen LogP) is 3.11. The second kappa shape index (κ2) is 11.0. The van der Waals surface area contributed by atoms with E-state index in [9.17, 15) is 9.59 Å². The number of nitrogens with one attached hydrogen (secondary N) is 3. The van der Waals surface area contributed by atoms with Gasteiger partial charge >= 0.3 is 6.03 Å². The number of aromatic nitrogens is 4. The number of likely N-dealkylation sites (N-methyl/N-ethyl adjacent to an activating group) is 1. The number of carbonyl (C=O) groups is 2. The highest BCUT2D eigenvalue weighted by Crippen LogP contribution is 2.27. The van der Waals surface area contributed by atoms with Crippen LogP contribution in [0.1, 0.15) is 16.2 Å². The molecule has 0 spiro atoms. The number of aromatic amines is 1. The Bertz CT molecular complexity index is 1460. The summed E-state index contributed by atoms with van der Waals surface area (Å²) in [6.45, 7) is 4.81. The van der Waals surface area contributed by atoms with Crippen molar-refractivity contribution in [3.05, 3.63) is 66.4 Å². The molecule has 0 atom stereocenters.